The highest BCUT2D eigenvalue weighted by Crippen LogP contribution is 2.06. The molecule has 0 aromatic heterocycles. The van der Waals surface area contributed by atoms with Gasteiger partial charge in [0.05, 0.1) is 0 Å². The highest BCUT2D eigenvalue weighted by Gasteiger charge is 2.21. The van der Waals surface area contributed by atoms with E-state index in [0.717, 1.165) is 0 Å². The Balaban J connectivity index is 2.30. The van der Waals surface area contributed by atoms with E-state index in [2.05, 4.69) is 15.7 Å². The molecule has 106 valence electrons. The highest BCUT2D eigenvalue weighted by molar-refractivity contribution is 6.39. The van der Waals surface area contributed by atoms with Crippen LogP contribution < -0.4 is 10.6 Å². The third kappa shape index (κ3) is 4.69. The zero-order valence-corrected chi connectivity index (χ0v) is 11.5. The van der Waals surface area contributed by atoms with Crippen molar-refractivity contribution in [1.29, 1.82) is 0 Å². The average molecular weight is 268 g/mol. The summed E-state index contributed by atoms with van der Waals surface area (Å²) in [4.78, 5) is 34.2. The predicted octanol–water partition coefficient (Wildman–Crippen LogP) is -0.517. The van der Waals surface area contributed by atoms with Gasteiger partial charge in [0, 0.05) is 38.9 Å². The number of hydrogen-bond acceptors (Lipinski definition) is 4. The summed E-state index contributed by atoms with van der Waals surface area (Å²) in [6, 6.07) is 0. The Morgan fingerprint density at radius 3 is 2.47 bits per heavy atom. The van der Waals surface area contributed by atoms with Crippen LogP contribution in [-0.2, 0) is 14.4 Å². The number of nitrogens with one attached hydrogen (secondary N) is 2. The van der Waals surface area contributed by atoms with Gasteiger partial charge in [0.1, 0.15) is 5.71 Å². The van der Waals surface area contributed by atoms with Crippen molar-refractivity contribution in [3.8, 4) is 0 Å². The van der Waals surface area contributed by atoms with Crippen molar-refractivity contribution in [1.82, 2.24) is 15.6 Å². The Kier molecular flexibility index (Phi) is 5.47. The second-order valence-corrected chi connectivity index (χ2v) is 4.67. The fourth-order valence-corrected chi connectivity index (χ4v) is 1.50. The minimum absolute atomic E-state index is 0.0467. The Labute approximate surface area is 112 Å². The first-order valence-electron chi connectivity index (χ1n) is 6.31. The molecule has 0 unspecified atom stereocenters. The highest BCUT2D eigenvalue weighted by atomic mass is 16.2. The van der Waals surface area contributed by atoms with Crippen molar-refractivity contribution in [3.63, 3.8) is 0 Å². The topological polar surface area (TPSA) is 90.9 Å². The van der Waals surface area contributed by atoms with Gasteiger partial charge in [0.2, 0.25) is 11.8 Å². The molecule has 3 amide bonds. The maximum absolute atomic E-state index is 11.7. The molecule has 0 bridgehead atoms. The Bertz CT molecular complexity index is 404. The number of carbonyl (C=O) groups excluding carboxylic acids is 3. The number of nitrogens with zero attached hydrogens (tertiary/aromatic N) is 2. The smallest absolute Gasteiger partial charge is 0.267 e. The molecule has 7 nitrogen and oxygen atoms in total. The SMILES string of the molecule is CC(C)C(=O)NCCNC(=O)C1=NN(C)C(=O)CC1. The first-order valence-corrected chi connectivity index (χ1v) is 6.31. The molecule has 0 aromatic rings. The molecule has 0 aliphatic carbocycles. The first-order chi connectivity index (χ1) is 8.91. The van der Waals surface area contributed by atoms with Gasteiger partial charge in [-0.25, -0.2) is 5.01 Å². The lowest BCUT2D eigenvalue weighted by molar-refractivity contribution is -0.130. The molecule has 0 fully saturated rings. The Hall–Kier alpha value is -1.92. The molecule has 2 N–H and O–H groups in total. The van der Waals surface area contributed by atoms with Crippen LogP contribution in [0.2, 0.25) is 0 Å². The summed E-state index contributed by atoms with van der Waals surface area (Å²) < 4.78 is 0. The molecule has 19 heavy (non-hydrogen) atoms. The van der Waals surface area contributed by atoms with Gasteiger partial charge >= 0.3 is 0 Å². The van der Waals surface area contributed by atoms with Gasteiger partial charge in [-0.05, 0) is 0 Å². The standard InChI is InChI=1S/C12H20N4O3/c1-8(2)11(18)13-6-7-14-12(19)9-4-5-10(17)16(3)15-9/h8H,4-7H2,1-3H3,(H,13,18)(H,14,19). The predicted molar refractivity (Wildman–Crippen MR) is 70.3 cm³/mol. The Morgan fingerprint density at radius 2 is 1.89 bits per heavy atom. The van der Waals surface area contributed by atoms with E-state index in [1.54, 1.807) is 13.8 Å². The van der Waals surface area contributed by atoms with Crippen LogP contribution in [0.15, 0.2) is 5.10 Å². The summed E-state index contributed by atoms with van der Waals surface area (Å²) in [6.07, 6.45) is 0.653. The summed E-state index contributed by atoms with van der Waals surface area (Å²) in [6.45, 7) is 4.33. The van der Waals surface area contributed by atoms with Gasteiger partial charge in [-0.1, -0.05) is 13.8 Å². The van der Waals surface area contributed by atoms with E-state index in [-0.39, 0.29) is 23.6 Å². The van der Waals surface area contributed by atoms with Crippen molar-refractivity contribution < 1.29 is 14.4 Å². The van der Waals surface area contributed by atoms with E-state index >= 15 is 0 Å². The van der Waals surface area contributed by atoms with Gasteiger partial charge in [-0.2, -0.15) is 5.10 Å². The minimum Gasteiger partial charge on any atom is -0.354 e. The zero-order chi connectivity index (χ0) is 14.4. The van der Waals surface area contributed by atoms with Crippen molar-refractivity contribution in [3.05, 3.63) is 0 Å². The molecule has 1 heterocycles. The van der Waals surface area contributed by atoms with Crippen LogP contribution in [0, 0.1) is 5.92 Å². The summed E-state index contributed by atoms with van der Waals surface area (Å²) in [5.74, 6) is -0.508. The summed E-state index contributed by atoms with van der Waals surface area (Å²) >= 11 is 0. The summed E-state index contributed by atoms with van der Waals surface area (Å²) in [5.41, 5.74) is 0.345. The van der Waals surface area contributed by atoms with Crippen LogP contribution in [-0.4, -0.2) is 48.6 Å². The lowest BCUT2D eigenvalue weighted by Gasteiger charge is -2.18. The second kappa shape index (κ2) is 6.86. The molecule has 0 radical (unpaired) electrons. The molecular formula is C12H20N4O3. The molecule has 1 rings (SSSR count). The number of carbonyl (C=O) groups is 3. The molecule has 1 aliphatic heterocycles. The minimum atomic E-state index is -0.293. The normalized spacial score (nSPS) is 15.3. The molecule has 0 atom stereocenters. The summed E-state index contributed by atoms with van der Waals surface area (Å²) in [5, 5.41) is 10.4. The van der Waals surface area contributed by atoms with Crippen LogP contribution in [0.25, 0.3) is 0 Å². The van der Waals surface area contributed by atoms with Crippen LogP contribution >= 0.6 is 0 Å². The van der Waals surface area contributed by atoms with Crippen LogP contribution in [0.1, 0.15) is 26.7 Å². The van der Waals surface area contributed by atoms with Gasteiger partial charge in [0.15, 0.2) is 0 Å². The molecule has 7 heteroatoms. The second-order valence-electron chi connectivity index (χ2n) is 4.67. The number of rotatable bonds is 5. The van der Waals surface area contributed by atoms with E-state index in [9.17, 15) is 14.4 Å². The van der Waals surface area contributed by atoms with Gasteiger partial charge in [0.25, 0.3) is 5.91 Å². The lowest BCUT2D eigenvalue weighted by Crippen LogP contribution is -2.41. The fourth-order valence-electron chi connectivity index (χ4n) is 1.50. The summed E-state index contributed by atoms with van der Waals surface area (Å²) in [7, 11) is 1.53. The van der Waals surface area contributed by atoms with Gasteiger partial charge < -0.3 is 10.6 Å². The molecular weight excluding hydrogens is 248 g/mol. The largest absolute Gasteiger partial charge is 0.354 e. The van der Waals surface area contributed by atoms with Crippen molar-refractivity contribution in [2.75, 3.05) is 20.1 Å². The third-order valence-electron chi connectivity index (χ3n) is 2.70. The molecule has 0 spiro atoms. The monoisotopic (exact) mass is 268 g/mol. The maximum Gasteiger partial charge on any atom is 0.267 e. The van der Waals surface area contributed by atoms with Crippen LogP contribution in [0.4, 0.5) is 0 Å². The lowest BCUT2D eigenvalue weighted by atomic mass is 10.1. The third-order valence-corrected chi connectivity index (χ3v) is 2.70. The van der Waals surface area contributed by atoms with E-state index in [1.165, 1.54) is 12.1 Å². The zero-order valence-electron chi connectivity index (χ0n) is 11.5. The fraction of sp³-hybridized carbons (Fsp3) is 0.667. The van der Waals surface area contributed by atoms with E-state index < -0.39 is 0 Å². The maximum atomic E-state index is 11.7. The van der Waals surface area contributed by atoms with Crippen molar-refractivity contribution >= 4 is 23.4 Å². The van der Waals surface area contributed by atoms with E-state index in [1.807, 2.05) is 0 Å². The molecule has 0 saturated heterocycles. The number of hydrazone groups is 1. The van der Waals surface area contributed by atoms with Crippen molar-refractivity contribution in [2.24, 2.45) is 11.0 Å². The Morgan fingerprint density at radius 1 is 1.26 bits per heavy atom. The molecule has 0 saturated carbocycles. The first kappa shape index (κ1) is 15.1. The van der Waals surface area contributed by atoms with Crippen LogP contribution in [0.3, 0.4) is 0 Å². The van der Waals surface area contributed by atoms with Crippen molar-refractivity contribution in [2.45, 2.75) is 26.7 Å². The van der Waals surface area contributed by atoms with Gasteiger partial charge in [-0.3, -0.25) is 14.4 Å². The number of amides is 3. The van der Waals surface area contributed by atoms with Crippen LogP contribution in [0.5, 0.6) is 0 Å². The quantitative estimate of drug-likeness (QED) is 0.657. The van der Waals surface area contributed by atoms with Gasteiger partial charge in [-0.15, -0.1) is 0 Å². The average Bonchev–Trinajstić information content (AvgIpc) is 2.37. The van der Waals surface area contributed by atoms with E-state index in [4.69, 9.17) is 0 Å². The molecule has 1 aliphatic rings. The van der Waals surface area contributed by atoms with E-state index in [0.29, 0.717) is 31.6 Å². The molecule has 0 aromatic carbocycles. The number of hydrogen-bond donors (Lipinski definition) is 2.